The van der Waals surface area contributed by atoms with Gasteiger partial charge >= 0.3 is 0 Å². The smallest absolute Gasteiger partial charge is 0.246 e. The van der Waals surface area contributed by atoms with Crippen LogP contribution in [-0.4, -0.2) is 22.4 Å². The number of rotatable bonds is 6. The fourth-order valence-corrected chi connectivity index (χ4v) is 3.47. The van der Waals surface area contributed by atoms with Crippen LogP contribution in [0.25, 0.3) is 22.5 Å². The summed E-state index contributed by atoms with van der Waals surface area (Å²) in [6.45, 7) is 6.25. The molecule has 33 heavy (non-hydrogen) atoms. The Bertz CT molecular complexity index is 1220. The Labute approximate surface area is 198 Å². The lowest BCUT2D eigenvalue weighted by Crippen LogP contribution is -2.23. The first kappa shape index (κ1) is 22.5. The van der Waals surface area contributed by atoms with Crippen LogP contribution >= 0.6 is 11.6 Å². The molecule has 0 fully saturated rings. The largest absolute Gasteiger partial charge is 0.376 e. The summed E-state index contributed by atoms with van der Waals surface area (Å²) in [5.41, 5.74) is 7.70. The quantitative estimate of drug-likeness (QED) is 0.350. The molecule has 0 unspecified atom stereocenters. The number of carbonyl (C=O) groups excluding carboxylic acids is 1. The molecule has 0 atom stereocenters. The summed E-state index contributed by atoms with van der Waals surface area (Å²) >= 11 is 6.05. The minimum Gasteiger partial charge on any atom is -0.376 e. The van der Waals surface area contributed by atoms with Crippen molar-refractivity contribution in [3.63, 3.8) is 0 Å². The summed E-state index contributed by atoms with van der Waals surface area (Å²) in [6.07, 6.45) is 0. The maximum Gasteiger partial charge on any atom is 0.246 e. The maximum atomic E-state index is 12.7. The Morgan fingerprint density at radius 1 is 0.788 bits per heavy atom. The van der Waals surface area contributed by atoms with E-state index < -0.39 is 0 Å². The summed E-state index contributed by atoms with van der Waals surface area (Å²) < 4.78 is 0. The third-order valence-electron chi connectivity index (χ3n) is 5.42. The van der Waals surface area contributed by atoms with E-state index in [1.165, 1.54) is 11.1 Å². The molecule has 0 saturated heterocycles. The van der Waals surface area contributed by atoms with Gasteiger partial charge in [0, 0.05) is 21.8 Å². The van der Waals surface area contributed by atoms with Crippen molar-refractivity contribution in [3.8, 4) is 22.5 Å². The summed E-state index contributed by atoms with van der Waals surface area (Å²) in [7, 11) is 0. The Morgan fingerprint density at radius 3 is 2.00 bits per heavy atom. The predicted octanol–water partition coefficient (Wildman–Crippen LogP) is 6.44. The minimum atomic E-state index is -0.226. The van der Waals surface area contributed by atoms with E-state index in [0.717, 1.165) is 28.1 Å². The number of aryl methyl sites for hydroxylation is 3. The van der Waals surface area contributed by atoms with Gasteiger partial charge in [0.15, 0.2) is 0 Å². The number of anilines is 2. The van der Waals surface area contributed by atoms with Crippen molar-refractivity contribution in [2.45, 2.75) is 20.8 Å². The number of nitrogens with one attached hydrogen (secondary N) is 2. The van der Waals surface area contributed by atoms with Gasteiger partial charge in [-0.25, -0.2) is 9.97 Å². The number of halogens is 1. The van der Waals surface area contributed by atoms with Gasteiger partial charge in [-0.2, -0.15) is 0 Å². The molecular weight excluding hydrogens is 432 g/mol. The molecule has 1 aromatic heterocycles. The second-order valence-corrected chi connectivity index (χ2v) is 8.47. The molecule has 4 rings (SSSR count). The third kappa shape index (κ3) is 5.76. The first-order chi connectivity index (χ1) is 15.9. The zero-order chi connectivity index (χ0) is 23.4. The van der Waals surface area contributed by atoms with Crippen LogP contribution in [0.3, 0.4) is 0 Å². The van der Waals surface area contributed by atoms with E-state index in [1.807, 2.05) is 86.6 Å². The highest BCUT2D eigenvalue weighted by Gasteiger charge is 2.12. The van der Waals surface area contributed by atoms with Crippen LogP contribution in [0.1, 0.15) is 16.7 Å². The molecule has 1 amide bonds. The van der Waals surface area contributed by atoms with Crippen LogP contribution in [0, 0.1) is 20.8 Å². The van der Waals surface area contributed by atoms with Crippen molar-refractivity contribution in [2.75, 3.05) is 17.2 Å². The molecule has 0 bridgehead atoms. The number of benzene rings is 3. The molecule has 6 heteroatoms. The lowest BCUT2D eigenvalue weighted by molar-refractivity contribution is -0.114. The van der Waals surface area contributed by atoms with Gasteiger partial charge in [0.1, 0.15) is 0 Å². The van der Waals surface area contributed by atoms with Crippen LogP contribution in [0.5, 0.6) is 0 Å². The van der Waals surface area contributed by atoms with Crippen LogP contribution in [0.4, 0.5) is 11.6 Å². The average Bonchev–Trinajstić information content (AvgIpc) is 2.80. The van der Waals surface area contributed by atoms with Crippen molar-refractivity contribution in [2.24, 2.45) is 0 Å². The van der Waals surface area contributed by atoms with Gasteiger partial charge in [0.25, 0.3) is 0 Å². The van der Waals surface area contributed by atoms with Gasteiger partial charge in [0.2, 0.25) is 11.9 Å². The normalized spacial score (nSPS) is 10.7. The molecule has 3 aromatic carbocycles. The molecule has 0 aliphatic heterocycles. The second-order valence-electron chi connectivity index (χ2n) is 8.04. The fraction of sp³-hybridized carbons (Fsp3) is 0.148. The van der Waals surface area contributed by atoms with Crippen LogP contribution in [0.15, 0.2) is 72.8 Å². The van der Waals surface area contributed by atoms with E-state index in [0.29, 0.717) is 10.7 Å². The molecule has 4 aromatic rings. The molecule has 0 aliphatic carbocycles. The van der Waals surface area contributed by atoms with Crippen molar-refractivity contribution in [1.29, 1.82) is 0 Å². The minimum absolute atomic E-state index is 0.108. The second kappa shape index (κ2) is 9.84. The molecule has 1 heterocycles. The number of carbonyl (C=O) groups is 1. The van der Waals surface area contributed by atoms with Crippen molar-refractivity contribution in [1.82, 2.24) is 9.97 Å². The SMILES string of the molecule is Cc1ccc(-c2cc(-c3ccc(Cl)cc3)nc(NC(=O)CNc3ccc(C)c(C)c3)n2)cc1. The van der Waals surface area contributed by atoms with E-state index in [4.69, 9.17) is 11.6 Å². The molecular formula is C27H25ClN4O. The molecule has 0 radical (unpaired) electrons. The zero-order valence-corrected chi connectivity index (χ0v) is 19.6. The molecule has 2 N–H and O–H groups in total. The van der Waals surface area contributed by atoms with Crippen molar-refractivity contribution in [3.05, 3.63) is 94.5 Å². The van der Waals surface area contributed by atoms with E-state index in [-0.39, 0.29) is 18.4 Å². The summed E-state index contributed by atoms with van der Waals surface area (Å²) in [5.74, 6) is 0.0289. The Hall–Kier alpha value is -3.70. The lowest BCUT2D eigenvalue weighted by atomic mass is 10.1. The van der Waals surface area contributed by atoms with E-state index >= 15 is 0 Å². The van der Waals surface area contributed by atoms with Crippen LogP contribution < -0.4 is 10.6 Å². The van der Waals surface area contributed by atoms with Gasteiger partial charge in [0.05, 0.1) is 17.9 Å². The average molecular weight is 457 g/mol. The summed E-state index contributed by atoms with van der Waals surface area (Å²) in [4.78, 5) is 21.8. The van der Waals surface area contributed by atoms with Gasteiger partial charge in [-0.1, -0.05) is 59.6 Å². The first-order valence-electron chi connectivity index (χ1n) is 10.7. The van der Waals surface area contributed by atoms with E-state index in [9.17, 15) is 4.79 Å². The Kier molecular flexibility index (Phi) is 6.71. The van der Waals surface area contributed by atoms with E-state index in [1.54, 1.807) is 0 Å². The number of aromatic nitrogens is 2. The standard InChI is InChI=1S/C27H25ClN4O/c1-17-4-7-20(8-5-17)24-15-25(21-9-11-22(28)12-10-21)31-27(30-24)32-26(33)16-29-23-13-6-18(2)19(3)14-23/h4-15,29H,16H2,1-3H3,(H,30,31,32,33). The topological polar surface area (TPSA) is 66.9 Å². The number of hydrogen-bond acceptors (Lipinski definition) is 4. The van der Waals surface area contributed by atoms with Gasteiger partial charge in [-0.3, -0.25) is 10.1 Å². The van der Waals surface area contributed by atoms with Gasteiger partial charge < -0.3 is 5.32 Å². The summed E-state index contributed by atoms with van der Waals surface area (Å²) in [5, 5.41) is 6.64. The Morgan fingerprint density at radius 2 is 1.39 bits per heavy atom. The highest BCUT2D eigenvalue weighted by atomic mass is 35.5. The lowest BCUT2D eigenvalue weighted by Gasteiger charge is -2.11. The molecule has 0 aliphatic rings. The zero-order valence-electron chi connectivity index (χ0n) is 18.8. The third-order valence-corrected chi connectivity index (χ3v) is 5.68. The maximum absolute atomic E-state index is 12.7. The number of hydrogen-bond donors (Lipinski definition) is 2. The Balaban J connectivity index is 1.59. The van der Waals surface area contributed by atoms with Crippen LogP contribution in [0.2, 0.25) is 5.02 Å². The van der Waals surface area contributed by atoms with Gasteiger partial charge in [-0.05, 0) is 62.2 Å². The monoisotopic (exact) mass is 456 g/mol. The highest BCUT2D eigenvalue weighted by Crippen LogP contribution is 2.26. The number of amides is 1. The number of nitrogens with zero attached hydrogens (tertiary/aromatic N) is 2. The van der Waals surface area contributed by atoms with E-state index in [2.05, 4.69) is 27.5 Å². The molecule has 166 valence electrons. The molecule has 0 spiro atoms. The van der Waals surface area contributed by atoms with Crippen molar-refractivity contribution >= 4 is 29.1 Å². The summed E-state index contributed by atoms with van der Waals surface area (Å²) in [6, 6.07) is 23.4. The fourth-order valence-electron chi connectivity index (χ4n) is 3.35. The van der Waals surface area contributed by atoms with Crippen molar-refractivity contribution < 1.29 is 4.79 Å². The molecule has 0 saturated carbocycles. The predicted molar refractivity (Wildman–Crippen MR) is 136 cm³/mol. The van der Waals surface area contributed by atoms with Crippen LogP contribution in [-0.2, 0) is 4.79 Å². The first-order valence-corrected chi connectivity index (χ1v) is 11.1. The molecule has 5 nitrogen and oxygen atoms in total. The highest BCUT2D eigenvalue weighted by molar-refractivity contribution is 6.30. The van der Waals surface area contributed by atoms with Gasteiger partial charge in [-0.15, -0.1) is 0 Å².